The van der Waals surface area contributed by atoms with Gasteiger partial charge in [0.05, 0.1) is 12.7 Å². The number of benzene rings is 1. The van der Waals surface area contributed by atoms with Crippen LogP contribution in [0.5, 0.6) is 0 Å². The molecule has 0 amide bonds. The molecular weight excluding hydrogens is 228 g/mol. The molecule has 3 nitrogen and oxygen atoms in total. The zero-order valence-corrected chi connectivity index (χ0v) is 10.8. The van der Waals surface area contributed by atoms with Crippen molar-refractivity contribution < 1.29 is 14.2 Å². The summed E-state index contributed by atoms with van der Waals surface area (Å²) in [6.07, 6.45) is 6.65. The molecule has 0 N–H and O–H groups in total. The van der Waals surface area contributed by atoms with Gasteiger partial charge in [0.2, 0.25) is 0 Å². The smallest absolute Gasteiger partial charge is 0.146 e. The second-order valence-electron chi connectivity index (χ2n) is 3.93. The summed E-state index contributed by atoms with van der Waals surface area (Å²) in [5, 5.41) is 0. The predicted octanol–water partition coefficient (Wildman–Crippen LogP) is 2.61. The minimum Gasteiger partial charge on any atom is -0.377 e. The lowest BCUT2D eigenvalue weighted by Crippen LogP contribution is -2.16. The average Bonchev–Trinajstić information content (AvgIpc) is 2.42. The molecule has 3 heteroatoms. The molecule has 0 bridgehead atoms. The van der Waals surface area contributed by atoms with Crippen LogP contribution in [0.3, 0.4) is 0 Å². The van der Waals surface area contributed by atoms with E-state index in [9.17, 15) is 0 Å². The van der Waals surface area contributed by atoms with E-state index in [4.69, 9.17) is 20.6 Å². The van der Waals surface area contributed by atoms with Crippen LogP contribution in [0, 0.1) is 12.3 Å². The highest BCUT2D eigenvalue weighted by molar-refractivity contribution is 5.13. The first-order chi connectivity index (χ1) is 8.86. The Balaban J connectivity index is 2.16. The van der Waals surface area contributed by atoms with Crippen molar-refractivity contribution in [2.24, 2.45) is 0 Å². The molecule has 18 heavy (non-hydrogen) atoms. The van der Waals surface area contributed by atoms with Gasteiger partial charge >= 0.3 is 0 Å². The molecule has 0 heterocycles. The molecule has 1 rings (SSSR count). The third-order valence-corrected chi connectivity index (χ3v) is 2.46. The Labute approximate surface area is 109 Å². The summed E-state index contributed by atoms with van der Waals surface area (Å²) in [4.78, 5) is 0. The summed E-state index contributed by atoms with van der Waals surface area (Å²) >= 11 is 0. The predicted molar refractivity (Wildman–Crippen MR) is 70.9 cm³/mol. The number of rotatable bonds is 9. The van der Waals surface area contributed by atoms with E-state index >= 15 is 0 Å². The zero-order valence-electron chi connectivity index (χ0n) is 10.8. The van der Waals surface area contributed by atoms with Crippen LogP contribution in [-0.4, -0.2) is 26.6 Å². The molecule has 1 atom stereocenters. The van der Waals surface area contributed by atoms with E-state index < -0.39 is 0 Å². The van der Waals surface area contributed by atoms with Crippen molar-refractivity contribution in [3.05, 3.63) is 35.9 Å². The van der Waals surface area contributed by atoms with Gasteiger partial charge in [-0.2, -0.15) is 0 Å². The van der Waals surface area contributed by atoms with Crippen LogP contribution < -0.4 is 0 Å². The highest BCUT2D eigenvalue weighted by Gasteiger charge is 2.07. The fourth-order valence-electron chi connectivity index (χ4n) is 1.52. The molecular formula is C15H20O3. The first kappa shape index (κ1) is 14.7. The van der Waals surface area contributed by atoms with Crippen molar-refractivity contribution in [3.63, 3.8) is 0 Å². The van der Waals surface area contributed by atoms with Gasteiger partial charge in [-0.15, -0.1) is 12.3 Å². The van der Waals surface area contributed by atoms with Gasteiger partial charge in [0.25, 0.3) is 0 Å². The Kier molecular flexibility index (Phi) is 7.90. The third-order valence-electron chi connectivity index (χ3n) is 2.46. The number of hydrogen-bond acceptors (Lipinski definition) is 3. The summed E-state index contributed by atoms with van der Waals surface area (Å²) in [6, 6.07) is 10.1. The van der Waals surface area contributed by atoms with Gasteiger partial charge in [0.15, 0.2) is 0 Å². The Hall–Kier alpha value is -1.34. The Morgan fingerprint density at radius 1 is 1.28 bits per heavy atom. The van der Waals surface area contributed by atoms with Gasteiger partial charge in [0, 0.05) is 20.1 Å². The summed E-state index contributed by atoms with van der Waals surface area (Å²) in [5.41, 5.74) is 1.17. The van der Waals surface area contributed by atoms with Crippen molar-refractivity contribution in [3.8, 4) is 12.3 Å². The minimum absolute atomic E-state index is 0.00530. The lowest BCUT2D eigenvalue weighted by atomic mass is 10.2. The van der Waals surface area contributed by atoms with E-state index in [0.717, 1.165) is 6.42 Å². The van der Waals surface area contributed by atoms with E-state index in [1.54, 1.807) is 7.11 Å². The van der Waals surface area contributed by atoms with Crippen molar-refractivity contribution >= 4 is 0 Å². The molecule has 0 fully saturated rings. The maximum absolute atomic E-state index is 5.59. The monoisotopic (exact) mass is 248 g/mol. The normalized spacial score (nSPS) is 12.0. The van der Waals surface area contributed by atoms with Crippen molar-refractivity contribution in [2.45, 2.75) is 25.6 Å². The largest absolute Gasteiger partial charge is 0.377 e. The molecule has 1 aromatic rings. The number of hydrogen-bond donors (Lipinski definition) is 0. The Morgan fingerprint density at radius 3 is 2.72 bits per heavy atom. The van der Waals surface area contributed by atoms with Gasteiger partial charge in [-0.05, 0) is 12.0 Å². The van der Waals surface area contributed by atoms with Crippen LogP contribution >= 0.6 is 0 Å². The van der Waals surface area contributed by atoms with Crippen LogP contribution in [0.25, 0.3) is 0 Å². The Morgan fingerprint density at radius 2 is 2.06 bits per heavy atom. The summed E-state index contributed by atoms with van der Waals surface area (Å²) in [7, 11) is 1.60. The first-order valence-corrected chi connectivity index (χ1v) is 6.02. The SMILES string of the molecule is C#CCC(CCOCc1ccccc1)OCOC. The van der Waals surface area contributed by atoms with Crippen LogP contribution in [0.15, 0.2) is 30.3 Å². The quantitative estimate of drug-likeness (QED) is 0.382. The Bertz CT molecular complexity index is 343. The lowest BCUT2D eigenvalue weighted by molar-refractivity contribution is -0.0787. The molecule has 0 radical (unpaired) electrons. The van der Waals surface area contributed by atoms with Crippen molar-refractivity contribution in [1.82, 2.24) is 0 Å². The molecule has 0 aromatic heterocycles. The summed E-state index contributed by atoms with van der Waals surface area (Å²) in [6.45, 7) is 1.52. The molecule has 1 unspecified atom stereocenters. The fourth-order valence-corrected chi connectivity index (χ4v) is 1.52. The van der Waals surface area contributed by atoms with E-state index in [1.807, 2.05) is 30.3 Å². The van der Waals surface area contributed by atoms with Gasteiger partial charge in [-0.1, -0.05) is 30.3 Å². The highest BCUT2D eigenvalue weighted by atomic mass is 16.7. The molecule has 0 aliphatic carbocycles. The number of terminal acetylenes is 1. The van der Waals surface area contributed by atoms with Crippen LogP contribution in [0.1, 0.15) is 18.4 Å². The van der Waals surface area contributed by atoms with E-state index in [-0.39, 0.29) is 12.9 Å². The molecule has 0 saturated heterocycles. The number of ether oxygens (including phenoxy) is 3. The van der Waals surface area contributed by atoms with E-state index in [1.165, 1.54) is 5.56 Å². The highest BCUT2D eigenvalue weighted by Crippen LogP contribution is 2.06. The van der Waals surface area contributed by atoms with Crippen LogP contribution in [-0.2, 0) is 20.8 Å². The third kappa shape index (κ3) is 6.41. The average molecular weight is 248 g/mol. The molecule has 0 saturated carbocycles. The van der Waals surface area contributed by atoms with Crippen LogP contribution in [0.4, 0.5) is 0 Å². The second kappa shape index (κ2) is 9.67. The first-order valence-electron chi connectivity index (χ1n) is 6.02. The van der Waals surface area contributed by atoms with Gasteiger partial charge < -0.3 is 14.2 Å². The topological polar surface area (TPSA) is 27.7 Å². The van der Waals surface area contributed by atoms with Gasteiger partial charge in [-0.25, -0.2) is 0 Å². The fraction of sp³-hybridized carbons (Fsp3) is 0.467. The zero-order chi connectivity index (χ0) is 13.1. The van der Waals surface area contributed by atoms with Crippen molar-refractivity contribution in [1.29, 1.82) is 0 Å². The van der Waals surface area contributed by atoms with Gasteiger partial charge in [0.1, 0.15) is 6.79 Å². The summed E-state index contributed by atoms with van der Waals surface area (Å²) in [5.74, 6) is 2.60. The second-order valence-corrected chi connectivity index (χ2v) is 3.93. The standard InChI is InChI=1S/C15H20O3/c1-3-7-15(18-13-16-2)10-11-17-12-14-8-5-4-6-9-14/h1,4-6,8-9,15H,7,10-13H2,2H3. The molecule has 0 spiro atoms. The lowest BCUT2D eigenvalue weighted by Gasteiger charge is -2.14. The summed E-state index contributed by atoms with van der Waals surface area (Å²) < 4.78 is 15.9. The molecule has 98 valence electrons. The number of methoxy groups -OCH3 is 1. The minimum atomic E-state index is 0.00530. The molecule has 0 aliphatic rings. The van der Waals surface area contributed by atoms with E-state index in [0.29, 0.717) is 19.6 Å². The van der Waals surface area contributed by atoms with Gasteiger partial charge in [-0.3, -0.25) is 0 Å². The van der Waals surface area contributed by atoms with E-state index in [2.05, 4.69) is 5.92 Å². The maximum Gasteiger partial charge on any atom is 0.146 e. The van der Waals surface area contributed by atoms with Crippen molar-refractivity contribution in [2.75, 3.05) is 20.5 Å². The maximum atomic E-state index is 5.59. The van der Waals surface area contributed by atoms with Crippen LogP contribution in [0.2, 0.25) is 0 Å². The molecule has 0 aliphatic heterocycles. The molecule has 1 aromatic carbocycles.